The number of benzene rings is 3. The third-order valence-corrected chi connectivity index (χ3v) is 7.23. The van der Waals surface area contributed by atoms with Gasteiger partial charge in [0, 0.05) is 24.7 Å². The molecule has 0 fully saturated rings. The monoisotopic (exact) mass is 452 g/mol. The highest BCUT2D eigenvalue weighted by molar-refractivity contribution is 8.04. The smallest absolute Gasteiger partial charge is 0.270 e. The number of non-ortho nitro benzene ring substituents is 1. The highest BCUT2D eigenvalue weighted by Gasteiger charge is 2.37. The molecule has 1 aliphatic rings. The molecule has 0 amide bonds. The van der Waals surface area contributed by atoms with Crippen LogP contribution < -0.4 is 5.32 Å². The Hall–Kier alpha value is -2.83. The van der Waals surface area contributed by atoms with E-state index in [1.807, 2.05) is 36.4 Å². The molecule has 1 atom stereocenters. The Kier molecular flexibility index (Phi) is 6.03. The van der Waals surface area contributed by atoms with E-state index in [0.717, 1.165) is 45.3 Å². The molecule has 0 spiro atoms. The van der Waals surface area contributed by atoms with E-state index >= 15 is 0 Å². The second kappa shape index (κ2) is 8.73. The van der Waals surface area contributed by atoms with Gasteiger partial charge in [-0.05, 0) is 34.4 Å². The summed E-state index contributed by atoms with van der Waals surface area (Å²) < 4.78 is 0. The first-order valence-electron chi connectivity index (χ1n) is 10.0. The van der Waals surface area contributed by atoms with E-state index in [-0.39, 0.29) is 11.5 Å². The molecule has 3 aromatic rings. The Balaban J connectivity index is 1.79. The first kappa shape index (κ1) is 21.4. The van der Waals surface area contributed by atoms with Crippen molar-refractivity contribution in [3.63, 3.8) is 0 Å². The predicted octanol–water partition coefficient (Wildman–Crippen LogP) is 6.30. The average Bonchev–Trinajstić information content (AvgIpc) is 3.10. The van der Waals surface area contributed by atoms with Crippen molar-refractivity contribution in [2.75, 3.05) is 7.05 Å². The normalized spacial score (nSPS) is 16.2. The molecule has 0 saturated carbocycles. The molecule has 1 aliphatic heterocycles. The summed E-state index contributed by atoms with van der Waals surface area (Å²) in [6.07, 6.45) is 1.82. The lowest BCUT2D eigenvalue weighted by Crippen LogP contribution is -2.09. The minimum absolute atomic E-state index is 0.0178. The van der Waals surface area contributed by atoms with Gasteiger partial charge in [-0.2, -0.15) is 0 Å². The molecule has 0 saturated heterocycles. The van der Waals surface area contributed by atoms with Gasteiger partial charge in [-0.1, -0.05) is 73.1 Å². The highest BCUT2D eigenvalue weighted by atomic mass is 35.5. The Morgan fingerprint density at radius 3 is 2.65 bits per heavy atom. The second-order valence-electron chi connectivity index (χ2n) is 7.35. The van der Waals surface area contributed by atoms with Crippen LogP contribution in [0.5, 0.6) is 0 Å². The summed E-state index contributed by atoms with van der Waals surface area (Å²) in [5.74, 6) is -0.0178. The van der Waals surface area contributed by atoms with Crippen LogP contribution in [0.3, 0.4) is 0 Å². The molecule has 31 heavy (non-hydrogen) atoms. The number of nitrogens with one attached hydrogen (secondary N) is 1. The maximum atomic E-state index is 13.6. The van der Waals surface area contributed by atoms with Gasteiger partial charge in [0.1, 0.15) is 0 Å². The number of fused-ring (bicyclic) bond motifs is 1. The zero-order valence-electron chi connectivity index (χ0n) is 17.1. The lowest BCUT2D eigenvalue weighted by molar-refractivity contribution is -0.384. The average molecular weight is 453 g/mol. The molecule has 0 radical (unpaired) electrons. The maximum Gasteiger partial charge on any atom is 0.270 e. The Morgan fingerprint density at radius 2 is 1.94 bits per heavy atom. The SMILES string of the molecule is CCCc1cccc(C2=C(NC)SC(c3cccc4cc([N+](=O)[O-])ccc34)C2=O)c1Cl. The van der Waals surface area contributed by atoms with Crippen molar-refractivity contribution in [2.45, 2.75) is 25.0 Å². The number of allylic oxidation sites excluding steroid dienone is 1. The van der Waals surface area contributed by atoms with E-state index in [0.29, 0.717) is 10.6 Å². The molecule has 5 nitrogen and oxygen atoms in total. The summed E-state index contributed by atoms with van der Waals surface area (Å²) >= 11 is 8.16. The summed E-state index contributed by atoms with van der Waals surface area (Å²) in [7, 11) is 1.80. The van der Waals surface area contributed by atoms with E-state index in [1.165, 1.54) is 17.8 Å². The molecular formula is C24H21ClN2O3S. The number of nitrogens with zero attached hydrogens (tertiary/aromatic N) is 1. The number of Topliss-reactive ketones (excluding diaryl/α,β-unsaturated/α-hetero) is 1. The number of rotatable bonds is 6. The number of nitro groups is 1. The van der Waals surface area contributed by atoms with Crippen LogP contribution in [0.2, 0.25) is 5.02 Å². The summed E-state index contributed by atoms with van der Waals surface area (Å²) in [5.41, 5.74) is 3.24. The zero-order valence-corrected chi connectivity index (χ0v) is 18.7. The third kappa shape index (κ3) is 3.82. The molecule has 7 heteroatoms. The lowest BCUT2D eigenvalue weighted by atomic mass is 9.93. The van der Waals surface area contributed by atoms with E-state index in [4.69, 9.17) is 11.6 Å². The Bertz CT molecular complexity index is 1240. The minimum atomic E-state index is -0.450. The van der Waals surface area contributed by atoms with Crippen molar-refractivity contribution in [2.24, 2.45) is 0 Å². The molecule has 0 aliphatic carbocycles. The molecular weight excluding hydrogens is 432 g/mol. The molecule has 4 rings (SSSR count). The van der Waals surface area contributed by atoms with Crippen LogP contribution in [0.25, 0.3) is 16.3 Å². The molecule has 1 N–H and O–H groups in total. The van der Waals surface area contributed by atoms with E-state index in [9.17, 15) is 14.9 Å². The number of aryl methyl sites for hydroxylation is 1. The van der Waals surface area contributed by atoms with Gasteiger partial charge in [0.2, 0.25) is 0 Å². The third-order valence-electron chi connectivity index (χ3n) is 5.43. The fraction of sp³-hybridized carbons (Fsp3) is 0.208. The van der Waals surface area contributed by atoms with Crippen LogP contribution in [0.15, 0.2) is 59.6 Å². The molecule has 1 unspecified atom stereocenters. The van der Waals surface area contributed by atoms with Crippen LogP contribution in [0.4, 0.5) is 5.69 Å². The van der Waals surface area contributed by atoms with Gasteiger partial charge in [-0.3, -0.25) is 14.9 Å². The maximum absolute atomic E-state index is 13.6. The number of hydrogen-bond donors (Lipinski definition) is 1. The molecule has 0 aromatic heterocycles. The number of halogens is 1. The second-order valence-corrected chi connectivity index (χ2v) is 8.85. The Labute approximate surface area is 189 Å². The molecule has 0 bridgehead atoms. The van der Waals surface area contributed by atoms with Gasteiger partial charge >= 0.3 is 0 Å². The highest BCUT2D eigenvalue weighted by Crippen LogP contribution is 2.50. The van der Waals surface area contributed by atoms with Gasteiger partial charge in [0.05, 0.1) is 25.8 Å². The number of nitro benzene ring substituents is 1. The van der Waals surface area contributed by atoms with E-state index in [2.05, 4.69) is 12.2 Å². The van der Waals surface area contributed by atoms with Crippen LogP contribution in [-0.2, 0) is 11.2 Å². The predicted molar refractivity (Wildman–Crippen MR) is 127 cm³/mol. The molecule has 158 valence electrons. The summed E-state index contributed by atoms with van der Waals surface area (Å²) in [5, 5.41) is 16.8. The largest absolute Gasteiger partial charge is 0.382 e. The topological polar surface area (TPSA) is 72.2 Å². The van der Waals surface area contributed by atoms with Gasteiger partial charge in [0.25, 0.3) is 5.69 Å². The van der Waals surface area contributed by atoms with Crippen molar-refractivity contribution in [3.05, 3.63) is 91.5 Å². The van der Waals surface area contributed by atoms with Gasteiger partial charge in [0.15, 0.2) is 5.78 Å². The van der Waals surface area contributed by atoms with Crippen molar-refractivity contribution >= 4 is 51.2 Å². The zero-order chi connectivity index (χ0) is 22.1. The van der Waals surface area contributed by atoms with Crippen molar-refractivity contribution < 1.29 is 9.72 Å². The van der Waals surface area contributed by atoms with E-state index in [1.54, 1.807) is 19.2 Å². The first-order valence-corrected chi connectivity index (χ1v) is 11.3. The Morgan fingerprint density at radius 1 is 1.16 bits per heavy atom. The van der Waals surface area contributed by atoms with Crippen LogP contribution >= 0.6 is 23.4 Å². The van der Waals surface area contributed by atoms with Gasteiger partial charge < -0.3 is 5.32 Å². The standard InChI is InChI=1S/C24H21ClN2O3S/c1-3-6-14-7-4-10-19(21(14)25)20-22(28)23(31-24(20)26-2)18-9-5-8-15-13-16(27(29)30)11-12-17(15)18/h4-5,7-13,23,26H,3,6H2,1-2H3. The van der Waals surface area contributed by atoms with E-state index < -0.39 is 10.2 Å². The number of ketones is 1. The van der Waals surface area contributed by atoms with Crippen LogP contribution in [0.1, 0.15) is 35.3 Å². The van der Waals surface area contributed by atoms with Gasteiger partial charge in [-0.15, -0.1) is 0 Å². The first-order chi connectivity index (χ1) is 15.0. The summed E-state index contributed by atoms with van der Waals surface area (Å²) in [6.45, 7) is 2.10. The minimum Gasteiger partial charge on any atom is -0.382 e. The number of hydrogen-bond acceptors (Lipinski definition) is 5. The molecule has 1 heterocycles. The summed E-state index contributed by atoms with van der Waals surface area (Å²) in [6, 6.07) is 16.1. The van der Waals surface area contributed by atoms with Crippen LogP contribution in [-0.4, -0.2) is 17.8 Å². The lowest BCUT2D eigenvalue weighted by Gasteiger charge is -2.13. The summed E-state index contributed by atoms with van der Waals surface area (Å²) in [4.78, 5) is 24.4. The van der Waals surface area contributed by atoms with Crippen molar-refractivity contribution in [3.8, 4) is 0 Å². The fourth-order valence-corrected chi connectivity index (χ4v) is 5.54. The van der Waals surface area contributed by atoms with Crippen LogP contribution in [0, 0.1) is 10.1 Å². The van der Waals surface area contributed by atoms with Gasteiger partial charge in [-0.25, -0.2) is 0 Å². The van der Waals surface area contributed by atoms with Crippen molar-refractivity contribution in [1.82, 2.24) is 5.32 Å². The van der Waals surface area contributed by atoms with Crippen molar-refractivity contribution in [1.29, 1.82) is 0 Å². The quantitative estimate of drug-likeness (QED) is 0.351. The number of carbonyl (C=O) groups excluding carboxylic acids is 1. The number of carbonyl (C=O) groups is 1. The molecule has 3 aromatic carbocycles. The number of thioether (sulfide) groups is 1. The fourth-order valence-electron chi connectivity index (χ4n) is 3.99.